The van der Waals surface area contributed by atoms with E-state index in [2.05, 4.69) is 4.90 Å². The number of hydrogen-bond donors (Lipinski definition) is 1. The first-order valence-corrected chi connectivity index (χ1v) is 8.59. The van der Waals surface area contributed by atoms with Crippen molar-refractivity contribution in [1.29, 1.82) is 0 Å². The second kappa shape index (κ2) is 6.11. The van der Waals surface area contributed by atoms with Crippen molar-refractivity contribution >= 4 is 9.84 Å². The molecule has 0 aromatic heterocycles. The van der Waals surface area contributed by atoms with E-state index < -0.39 is 9.84 Å². The smallest absolute Gasteiger partial charge is 0.153 e. The van der Waals surface area contributed by atoms with Gasteiger partial charge in [0.2, 0.25) is 0 Å². The molecule has 1 aromatic carbocycles. The van der Waals surface area contributed by atoms with Gasteiger partial charge in [-0.1, -0.05) is 12.1 Å². The monoisotopic (exact) mass is 298 g/mol. The molecule has 5 nitrogen and oxygen atoms in total. The lowest BCUT2D eigenvalue weighted by Gasteiger charge is -2.39. The van der Waals surface area contributed by atoms with Gasteiger partial charge in [0.05, 0.1) is 18.6 Å². The summed E-state index contributed by atoms with van der Waals surface area (Å²) in [4.78, 5) is 2.18. The van der Waals surface area contributed by atoms with Crippen LogP contribution in [0.5, 0.6) is 5.75 Å². The number of methoxy groups -OCH3 is 1. The minimum Gasteiger partial charge on any atom is -0.497 e. The van der Waals surface area contributed by atoms with Gasteiger partial charge in [0.25, 0.3) is 0 Å². The molecule has 1 aliphatic heterocycles. The highest BCUT2D eigenvalue weighted by molar-refractivity contribution is 7.91. The largest absolute Gasteiger partial charge is 0.497 e. The number of nitrogens with zero attached hydrogens (tertiary/aromatic N) is 1. The van der Waals surface area contributed by atoms with Crippen molar-refractivity contribution in [2.75, 3.05) is 31.7 Å². The van der Waals surface area contributed by atoms with E-state index in [1.165, 1.54) is 0 Å². The Morgan fingerprint density at radius 3 is 2.55 bits per heavy atom. The van der Waals surface area contributed by atoms with Gasteiger partial charge in [-0.05, 0) is 24.6 Å². The Morgan fingerprint density at radius 1 is 1.40 bits per heavy atom. The van der Waals surface area contributed by atoms with Crippen molar-refractivity contribution in [2.24, 2.45) is 5.73 Å². The van der Waals surface area contributed by atoms with Crippen LogP contribution in [0, 0.1) is 0 Å². The quantitative estimate of drug-likeness (QED) is 0.890. The second-order valence-corrected chi connectivity index (χ2v) is 7.45. The van der Waals surface area contributed by atoms with Crippen molar-refractivity contribution in [3.05, 3.63) is 29.8 Å². The third kappa shape index (κ3) is 3.31. The number of rotatable bonds is 4. The van der Waals surface area contributed by atoms with Gasteiger partial charge >= 0.3 is 0 Å². The first-order chi connectivity index (χ1) is 9.46. The van der Waals surface area contributed by atoms with E-state index in [1.807, 2.05) is 31.2 Å². The first-order valence-electron chi connectivity index (χ1n) is 6.77. The zero-order chi connectivity index (χ0) is 14.8. The molecule has 1 fully saturated rings. The van der Waals surface area contributed by atoms with E-state index in [1.54, 1.807) is 7.11 Å². The maximum absolute atomic E-state index is 11.7. The minimum absolute atomic E-state index is 0.00981. The van der Waals surface area contributed by atoms with Crippen molar-refractivity contribution in [2.45, 2.75) is 19.0 Å². The highest BCUT2D eigenvalue weighted by Crippen LogP contribution is 2.26. The van der Waals surface area contributed by atoms with Crippen LogP contribution in [0.25, 0.3) is 0 Å². The number of ether oxygens (including phenoxy) is 1. The van der Waals surface area contributed by atoms with Crippen LogP contribution in [0.4, 0.5) is 0 Å². The molecule has 6 heteroatoms. The summed E-state index contributed by atoms with van der Waals surface area (Å²) in [5, 5.41) is 0. The van der Waals surface area contributed by atoms with E-state index in [4.69, 9.17) is 10.5 Å². The van der Waals surface area contributed by atoms with Gasteiger partial charge in [-0.3, -0.25) is 4.90 Å². The van der Waals surface area contributed by atoms with Crippen molar-refractivity contribution in [1.82, 2.24) is 4.90 Å². The molecule has 2 N–H and O–H groups in total. The number of sulfone groups is 1. The van der Waals surface area contributed by atoms with Gasteiger partial charge in [-0.15, -0.1) is 0 Å². The third-order valence-electron chi connectivity index (χ3n) is 3.85. The molecule has 1 aliphatic rings. The van der Waals surface area contributed by atoms with Crippen LogP contribution in [0.2, 0.25) is 0 Å². The average Bonchev–Trinajstić information content (AvgIpc) is 2.42. The van der Waals surface area contributed by atoms with Crippen molar-refractivity contribution < 1.29 is 13.2 Å². The molecular formula is C14H22N2O3S. The molecule has 0 bridgehead atoms. The van der Waals surface area contributed by atoms with E-state index in [9.17, 15) is 8.42 Å². The fourth-order valence-corrected chi connectivity index (χ4v) is 4.35. The van der Waals surface area contributed by atoms with Crippen LogP contribution in [-0.2, 0) is 9.84 Å². The molecule has 0 amide bonds. The van der Waals surface area contributed by atoms with Crippen LogP contribution in [0.3, 0.4) is 0 Å². The van der Waals surface area contributed by atoms with E-state index in [0.717, 1.165) is 11.3 Å². The highest BCUT2D eigenvalue weighted by Gasteiger charge is 2.32. The predicted molar refractivity (Wildman–Crippen MR) is 79.6 cm³/mol. The van der Waals surface area contributed by atoms with Crippen molar-refractivity contribution in [3.63, 3.8) is 0 Å². The van der Waals surface area contributed by atoms with Gasteiger partial charge in [0.15, 0.2) is 9.84 Å². The predicted octanol–water partition coefficient (Wildman–Crippen LogP) is 0.814. The van der Waals surface area contributed by atoms with Gasteiger partial charge in [0, 0.05) is 25.2 Å². The molecule has 2 unspecified atom stereocenters. The molecule has 0 aliphatic carbocycles. The van der Waals surface area contributed by atoms with Crippen molar-refractivity contribution in [3.8, 4) is 5.75 Å². The molecule has 0 spiro atoms. The Balaban J connectivity index is 2.19. The number of hydrogen-bond acceptors (Lipinski definition) is 5. The Bertz CT molecular complexity index is 542. The lowest BCUT2D eigenvalue weighted by molar-refractivity contribution is 0.162. The molecule has 1 heterocycles. The fraction of sp³-hybridized carbons (Fsp3) is 0.571. The second-order valence-electron chi connectivity index (χ2n) is 5.23. The maximum atomic E-state index is 11.7. The number of nitrogens with two attached hydrogens (primary N) is 1. The normalized spacial score (nSPS) is 24.2. The van der Waals surface area contributed by atoms with Crippen LogP contribution in [0.15, 0.2) is 24.3 Å². The minimum atomic E-state index is -2.90. The van der Waals surface area contributed by atoms with Gasteiger partial charge in [0.1, 0.15) is 5.75 Å². The summed E-state index contributed by atoms with van der Waals surface area (Å²) in [5.74, 6) is 1.22. The highest BCUT2D eigenvalue weighted by atomic mass is 32.2. The standard InChI is InChI=1S/C14H22N2O3S/c1-11-10-20(17,18)8-7-16(11)14(9-15)12-3-5-13(19-2)6-4-12/h3-6,11,14H,7-10,15H2,1-2H3. The first kappa shape index (κ1) is 15.3. The van der Waals surface area contributed by atoms with Crippen LogP contribution >= 0.6 is 0 Å². The van der Waals surface area contributed by atoms with Crippen LogP contribution in [-0.4, -0.2) is 51.1 Å². The van der Waals surface area contributed by atoms with Crippen LogP contribution in [0.1, 0.15) is 18.5 Å². The zero-order valence-corrected chi connectivity index (χ0v) is 12.8. The molecule has 0 radical (unpaired) electrons. The molecule has 1 aromatic rings. The van der Waals surface area contributed by atoms with E-state index >= 15 is 0 Å². The fourth-order valence-electron chi connectivity index (χ4n) is 2.76. The summed E-state index contributed by atoms with van der Waals surface area (Å²) in [7, 11) is -1.27. The Labute approximate surface area is 120 Å². The molecule has 0 saturated carbocycles. The summed E-state index contributed by atoms with van der Waals surface area (Å²) in [6, 6.07) is 7.83. The van der Waals surface area contributed by atoms with Crippen LogP contribution < -0.4 is 10.5 Å². The summed E-state index contributed by atoms with van der Waals surface area (Å²) in [5.41, 5.74) is 7.01. The molecule has 2 rings (SSSR count). The lowest BCUT2D eigenvalue weighted by atomic mass is 10.0. The Morgan fingerprint density at radius 2 is 2.05 bits per heavy atom. The summed E-state index contributed by atoms with van der Waals surface area (Å²) < 4.78 is 28.5. The molecule has 20 heavy (non-hydrogen) atoms. The number of benzene rings is 1. The maximum Gasteiger partial charge on any atom is 0.153 e. The topological polar surface area (TPSA) is 72.6 Å². The van der Waals surface area contributed by atoms with Gasteiger partial charge < -0.3 is 10.5 Å². The zero-order valence-electron chi connectivity index (χ0n) is 12.0. The molecule has 112 valence electrons. The Kier molecular flexibility index (Phi) is 4.67. The van der Waals surface area contributed by atoms with E-state index in [-0.39, 0.29) is 23.6 Å². The van der Waals surface area contributed by atoms with Gasteiger partial charge in [-0.2, -0.15) is 0 Å². The third-order valence-corrected chi connectivity index (χ3v) is 5.64. The van der Waals surface area contributed by atoms with Gasteiger partial charge in [-0.25, -0.2) is 8.42 Å². The Hall–Kier alpha value is -1.11. The molecular weight excluding hydrogens is 276 g/mol. The molecule has 1 saturated heterocycles. The molecule has 2 atom stereocenters. The average molecular weight is 298 g/mol. The summed E-state index contributed by atoms with van der Waals surface area (Å²) in [6.45, 7) is 2.96. The summed E-state index contributed by atoms with van der Waals surface area (Å²) in [6.07, 6.45) is 0. The van der Waals surface area contributed by atoms with E-state index in [0.29, 0.717) is 13.1 Å². The lowest BCUT2D eigenvalue weighted by Crippen LogP contribution is -2.50. The SMILES string of the molecule is COc1ccc(C(CN)N2CCS(=O)(=O)CC2C)cc1. The summed E-state index contributed by atoms with van der Waals surface area (Å²) >= 11 is 0.